The van der Waals surface area contributed by atoms with E-state index in [-0.39, 0.29) is 11.1 Å². The number of rotatable bonds is 4. The first-order chi connectivity index (χ1) is 10.4. The molecule has 0 saturated carbocycles. The zero-order chi connectivity index (χ0) is 16.3. The van der Waals surface area contributed by atoms with Gasteiger partial charge in [0.05, 0.1) is 21.0 Å². The van der Waals surface area contributed by atoms with Crippen LogP contribution >= 0.6 is 23.2 Å². The smallest absolute Gasteiger partial charge is 0.258 e. The molecule has 6 nitrogen and oxygen atoms in total. The Hall–Kier alpha value is -2.44. The predicted octanol–water partition coefficient (Wildman–Crippen LogP) is 4.37. The maximum Gasteiger partial charge on any atom is 0.353 e. The zero-order valence-corrected chi connectivity index (χ0v) is 12.4. The van der Waals surface area contributed by atoms with E-state index in [1.54, 1.807) is 0 Å². The Labute approximate surface area is 134 Å². The average molecular weight is 339 g/mol. The summed E-state index contributed by atoms with van der Waals surface area (Å²) in [5.74, 6) is 0. The molecule has 0 radical (unpaired) electrons. The maximum atomic E-state index is 11.4. The fourth-order valence-electron chi connectivity index (χ4n) is 1.87. The van der Waals surface area contributed by atoms with Crippen LogP contribution in [-0.2, 0) is 0 Å². The van der Waals surface area contributed by atoms with Gasteiger partial charge in [-0.05, 0) is 48.5 Å². The number of nitro groups is 2. The lowest BCUT2D eigenvalue weighted by molar-refractivity contribution is -0.406. The van der Waals surface area contributed by atoms with Gasteiger partial charge >= 0.3 is 11.4 Å². The van der Waals surface area contributed by atoms with Crippen LogP contribution in [0.1, 0.15) is 11.1 Å². The van der Waals surface area contributed by atoms with Crippen molar-refractivity contribution in [2.75, 3.05) is 0 Å². The lowest BCUT2D eigenvalue weighted by Crippen LogP contribution is -2.08. The highest BCUT2D eigenvalue weighted by Gasteiger charge is 2.32. The van der Waals surface area contributed by atoms with Crippen molar-refractivity contribution in [2.24, 2.45) is 0 Å². The van der Waals surface area contributed by atoms with Crippen molar-refractivity contribution in [3.05, 3.63) is 89.9 Å². The second kappa shape index (κ2) is 6.55. The third-order valence-corrected chi connectivity index (χ3v) is 3.33. The predicted molar refractivity (Wildman–Crippen MR) is 83.7 cm³/mol. The zero-order valence-electron chi connectivity index (χ0n) is 10.9. The third kappa shape index (κ3) is 3.41. The van der Waals surface area contributed by atoms with Gasteiger partial charge in [-0.1, -0.05) is 23.2 Å². The van der Waals surface area contributed by atoms with Crippen molar-refractivity contribution in [1.29, 1.82) is 0 Å². The number of benzene rings is 2. The van der Waals surface area contributed by atoms with E-state index in [0.717, 1.165) is 0 Å². The molecule has 22 heavy (non-hydrogen) atoms. The third-order valence-electron chi connectivity index (χ3n) is 2.82. The molecule has 0 N–H and O–H groups in total. The van der Waals surface area contributed by atoms with Gasteiger partial charge in [0.1, 0.15) is 0 Å². The van der Waals surface area contributed by atoms with Crippen molar-refractivity contribution < 1.29 is 9.85 Å². The summed E-state index contributed by atoms with van der Waals surface area (Å²) in [5.41, 5.74) is -1.03. The summed E-state index contributed by atoms with van der Waals surface area (Å²) in [6.07, 6.45) is 0. The number of hydrogen-bond acceptors (Lipinski definition) is 4. The van der Waals surface area contributed by atoms with Crippen molar-refractivity contribution in [3.8, 4) is 0 Å². The van der Waals surface area contributed by atoms with Crippen LogP contribution in [0.2, 0.25) is 10.0 Å². The van der Waals surface area contributed by atoms with Gasteiger partial charge in [0.25, 0.3) is 0 Å². The van der Waals surface area contributed by atoms with E-state index in [1.165, 1.54) is 48.5 Å². The second-order valence-electron chi connectivity index (χ2n) is 4.23. The first-order valence-electron chi connectivity index (χ1n) is 5.95. The summed E-state index contributed by atoms with van der Waals surface area (Å²) in [4.78, 5) is 21.1. The van der Waals surface area contributed by atoms with Crippen LogP contribution in [0, 0.1) is 20.2 Å². The summed E-state index contributed by atoms with van der Waals surface area (Å²) >= 11 is 11.5. The second-order valence-corrected chi connectivity index (χ2v) is 5.10. The van der Waals surface area contributed by atoms with E-state index in [1.807, 2.05) is 0 Å². The standard InChI is InChI=1S/C14H8Cl2N2O4/c15-11-5-1-9(2-6-11)13(17(19)20)14(18(21)22)10-3-7-12(16)8-4-10/h1-8H. The number of halogens is 2. The molecule has 0 aromatic heterocycles. The van der Waals surface area contributed by atoms with E-state index >= 15 is 0 Å². The van der Waals surface area contributed by atoms with Crippen LogP contribution in [0.5, 0.6) is 0 Å². The van der Waals surface area contributed by atoms with Gasteiger partial charge in [0.2, 0.25) is 0 Å². The Morgan fingerprint density at radius 1 is 0.682 bits per heavy atom. The summed E-state index contributed by atoms with van der Waals surface area (Å²) in [6.45, 7) is 0. The molecule has 8 heteroatoms. The normalized spacial score (nSPS) is 11.7. The molecule has 112 valence electrons. The van der Waals surface area contributed by atoms with Gasteiger partial charge in [-0.3, -0.25) is 20.2 Å². The van der Waals surface area contributed by atoms with Gasteiger partial charge in [0.15, 0.2) is 0 Å². The molecule has 2 aromatic carbocycles. The van der Waals surface area contributed by atoms with Crippen LogP contribution in [0.3, 0.4) is 0 Å². The van der Waals surface area contributed by atoms with Crippen LogP contribution in [0.25, 0.3) is 11.4 Å². The van der Waals surface area contributed by atoms with Crippen LogP contribution in [0.15, 0.2) is 48.5 Å². The quantitative estimate of drug-likeness (QED) is 0.470. The summed E-state index contributed by atoms with van der Waals surface area (Å²) in [7, 11) is 0. The molecule has 2 rings (SSSR count). The molecule has 0 amide bonds. The van der Waals surface area contributed by atoms with Crippen LogP contribution in [0.4, 0.5) is 0 Å². The van der Waals surface area contributed by atoms with Crippen LogP contribution < -0.4 is 0 Å². The van der Waals surface area contributed by atoms with E-state index in [9.17, 15) is 20.2 Å². The molecule has 2 aromatic rings. The minimum absolute atomic E-state index is 0.0936. The minimum Gasteiger partial charge on any atom is -0.258 e. The molecule has 0 fully saturated rings. The Morgan fingerprint density at radius 2 is 0.955 bits per heavy atom. The van der Waals surface area contributed by atoms with Crippen molar-refractivity contribution >= 4 is 34.6 Å². The minimum atomic E-state index is -0.782. The SMILES string of the molecule is O=[N+]([O-])C(=C(c1ccc(Cl)cc1)[N+](=O)[O-])c1ccc(Cl)cc1. The Morgan fingerprint density at radius 3 is 1.18 bits per heavy atom. The molecular formula is C14H8Cl2N2O4. The summed E-state index contributed by atoms with van der Waals surface area (Å²) in [6, 6.07) is 11.2. The molecule has 0 aliphatic carbocycles. The molecule has 0 atom stereocenters. The lowest BCUT2D eigenvalue weighted by atomic mass is 10.1. The van der Waals surface area contributed by atoms with Gasteiger partial charge in [0, 0.05) is 10.0 Å². The van der Waals surface area contributed by atoms with Crippen molar-refractivity contribution in [1.82, 2.24) is 0 Å². The van der Waals surface area contributed by atoms with Crippen molar-refractivity contribution in [3.63, 3.8) is 0 Å². The number of hydrogen-bond donors (Lipinski definition) is 0. The Balaban J connectivity index is 2.73. The molecule has 0 aliphatic heterocycles. The van der Waals surface area contributed by atoms with Gasteiger partial charge in [-0.25, -0.2) is 0 Å². The van der Waals surface area contributed by atoms with Crippen LogP contribution in [-0.4, -0.2) is 9.85 Å². The van der Waals surface area contributed by atoms with E-state index < -0.39 is 21.2 Å². The van der Waals surface area contributed by atoms with Gasteiger partial charge in [-0.2, -0.15) is 0 Å². The topological polar surface area (TPSA) is 86.3 Å². The average Bonchev–Trinajstić information content (AvgIpc) is 2.46. The first-order valence-corrected chi connectivity index (χ1v) is 6.70. The highest BCUT2D eigenvalue weighted by Crippen LogP contribution is 2.29. The molecule has 0 spiro atoms. The molecule has 0 saturated heterocycles. The molecule has 0 unspecified atom stereocenters. The largest absolute Gasteiger partial charge is 0.353 e. The van der Waals surface area contributed by atoms with E-state index in [0.29, 0.717) is 10.0 Å². The van der Waals surface area contributed by atoms with Gasteiger partial charge in [-0.15, -0.1) is 0 Å². The fraction of sp³-hybridized carbons (Fsp3) is 0. The summed E-state index contributed by atoms with van der Waals surface area (Å²) in [5, 5.41) is 23.5. The first kappa shape index (κ1) is 15.9. The highest BCUT2D eigenvalue weighted by molar-refractivity contribution is 6.30. The molecular weight excluding hydrogens is 331 g/mol. The fourth-order valence-corrected chi connectivity index (χ4v) is 2.12. The highest BCUT2D eigenvalue weighted by atomic mass is 35.5. The molecule has 0 heterocycles. The lowest BCUT2D eigenvalue weighted by Gasteiger charge is -2.03. The van der Waals surface area contributed by atoms with Crippen molar-refractivity contribution in [2.45, 2.75) is 0 Å². The van der Waals surface area contributed by atoms with Gasteiger partial charge < -0.3 is 0 Å². The maximum absolute atomic E-state index is 11.4. The summed E-state index contributed by atoms with van der Waals surface area (Å²) < 4.78 is 0. The number of nitrogens with zero attached hydrogens (tertiary/aromatic N) is 2. The molecule has 0 bridgehead atoms. The molecule has 0 aliphatic rings. The Bertz CT molecular complexity index is 690. The van der Waals surface area contributed by atoms with E-state index in [4.69, 9.17) is 23.2 Å². The Kier molecular flexibility index (Phi) is 4.75. The monoisotopic (exact) mass is 338 g/mol. The van der Waals surface area contributed by atoms with E-state index in [2.05, 4.69) is 0 Å².